The minimum absolute atomic E-state index is 0.0811. The summed E-state index contributed by atoms with van der Waals surface area (Å²) in [6, 6.07) is 5.65. The first kappa shape index (κ1) is 23.8. The zero-order valence-electron chi connectivity index (χ0n) is 18.8. The molecule has 2 atom stereocenters. The van der Waals surface area contributed by atoms with Crippen molar-refractivity contribution in [2.75, 3.05) is 45.7 Å². The summed E-state index contributed by atoms with van der Waals surface area (Å²) in [6.07, 6.45) is 4.14. The first-order valence-electron chi connectivity index (χ1n) is 11.2. The topological polar surface area (TPSA) is 73.9 Å². The normalized spacial score (nSPS) is 20.8. The van der Waals surface area contributed by atoms with Crippen LogP contribution in [0.3, 0.4) is 0 Å². The molecule has 2 fully saturated rings. The number of likely N-dealkylation sites (tertiary alicyclic amines) is 2. The standard InChI is InChI=1S/C23H35ClN4O3/c1-16(31-3)21(26-23(30)25-20-6-4-19(24)5-7-20)22(29)28-14-10-18(11-15-28)17-8-12-27(2)13-9-17/h4-7,16-18,21H,8-15H2,1-3H3,(H2,25,26,30)/t16-,21+/m1/s1. The summed E-state index contributed by atoms with van der Waals surface area (Å²) in [6.45, 7) is 5.62. The molecule has 7 nitrogen and oxygen atoms in total. The second-order valence-corrected chi connectivity index (χ2v) is 9.26. The molecule has 0 aliphatic carbocycles. The number of rotatable bonds is 6. The zero-order valence-corrected chi connectivity index (χ0v) is 19.5. The monoisotopic (exact) mass is 450 g/mol. The zero-order chi connectivity index (χ0) is 22.4. The van der Waals surface area contributed by atoms with Gasteiger partial charge in [-0.05, 0) is 88.8 Å². The van der Waals surface area contributed by atoms with Crippen LogP contribution in [0.5, 0.6) is 0 Å². The number of nitrogens with one attached hydrogen (secondary N) is 2. The number of nitrogens with zero attached hydrogens (tertiary/aromatic N) is 2. The van der Waals surface area contributed by atoms with Crippen molar-refractivity contribution in [1.29, 1.82) is 0 Å². The molecule has 0 saturated carbocycles. The molecule has 0 aromatic heterocycles. The van der Waals surface area contributed by atoms with Gasteiger partial charge in [0.05, 0.1) is 6.10 Å². The van der Waals surface area contributed by atoms with Gasteiger partial charge in [0.2, 0.25) is 5.91 Å². The largest absolute Gasteiger partial charge is 0.379 e. The van der Waals surface area contributed by atoms with Crippen LogP contribution in [0.2, 0.25) is 5.02 Å². The van der Waals surface area contributed by atoms with Gasteiger partial charge >= 0.3 is 6.03 Å². The molecule has 1 aromatic carbocycles. The van der Waals surface area contributed by atoms with Crippen LogP contribution >= 0.6 is 11.6 Å². The molecule has 0 unspecified atom stereocenters. The Morgan fingerprint density at radius 3 is 2.13 bits per heavy atom. The average molecular weight is 451 g/mol. The van der Waals surface area contributed by atoms with Crippen LogP contribution in [-0.4, -0.2) is 74.2 Å². The van der Waals surface area contributed by atoms with Gasteiger partial charge < -0.3 is 25.2 Å². The Balaban J connectivity index is 1.54. The molecule has 2 saturated heterocycles. The SMILES string of the molecule is CO[C@H](C)[C@H](NC(=O)Nc1ccc(Cl)cc1)C(=O)N1CCC(C2CCN(C)CC2)CC1. The third-order valence-corrected chi connectivity index (χ3v) is 7.03. The number of carbonyl (C=O) groups excluding carboxylic acids is 2. The second kappa shape index (κ2) is 11.2. The van der Waals surface area contributed by atoms with Gasteiger partial charge in [-0.3, -0.25) is 4.79 Å². The number of benzene rings is 1. The van der Waals surface area contributed by atoms with Crippen molar-refractivity contribution in [3.63, 3.8) is 0 Å². The van der Waals surface area contributed by atoms with E-state index in [9.17, 15) is 9.59 Å². The average Bonchev–Trinajstić information content (AvgIpc) is 2.79. The highest BCUT2D eigenvalue weighted by Crippen LogP contribution is 2.32. The summed E-state index contributed by atoms with van der Waals surface area (Å²) in [4.78, 5) is 30.0. The lowest BCUT2D eigenvalue weighted by Gasteiger charge is -2.40. The van der Waals surface area contributed by atoms with Gasteiger partial charge in [-0.1, -0.05) is 11.6 Å². The maximum atomic E-state index is 13.2. The first-order valence-corrected chi connectivity index (χ1v) is 11.6. The molecule has 0 spiro atoms. The van der Waals surface area contributed by atoms with Gasteiger partial charge in [-0.25, -0.2) is 4.79 Å². The van der Waals surface area contributed by atoms with Crippen molar-refractivity contribution < 1.29 is 14.3 Å². The second-order valence-electron chi connectivity index (χ2n) is 8.83. The molecule has 0 bridgehead atoms. The Bertz CT molecular complexity index is 729. The Kier molecular flexibility index (Phi) is 8.58. The molecule has 2 N–H and O–H groups in total. The Labute approximate surface area is 190 Å². The fourth-order valence-corrected chi connectivity index (χ4v) is 4.77. The number of hydrogen-bond acceptors (Lipinski definition) is 4. The van der Waals surface area contributed by atoms with Crippen LogP contribution in [-0.2, 0) is 9.53 Å². The van der Waals surface area contributed by atoms with Gasteiger partial charge in [0.25, 0.3) is 0 Å². The summed E-state index contributed by atoms with van der Waals surface area (Å²) in [7, 11) is 3.74. The highest BCUT2D eigenvalue weighted by atomic mass is 35.5. The molecule has 2 aliphatic heterocycles. The van der Waals surface area contributed by atoms with Crippen LogP contribution in [0.4, 0.5) is 10.5 Å². The van der Waals surface area contributed by atoms with Gasteiger partial charge in [0.15, 0.2) is 0 Å². The van der Waals surface area contributed by atoms with Crippen LogP contribution in [0, 0.1) is 11.8 Å². The molecule has 3 rings (SSSR count). The van der Waals surface area contributed by atoms with Crippen molar-refractivity contribution in [2.45, 2.75) is 44.8 Å². The minimum atomic E-state index is -0.739. The maximum Gasteiger partial charge on any atom is 0.319 e. The van der Waals surface area contributed by atoms with Crippen molar-refractivity contribution >= 4 is 29.2 Å². The molecular formula is C23H35ClN4O3. The van der Waals surface area contributed by atoms with Gasteiger partial charge in [-0.2, -0.15) is 0 Å². The smallest absolute Gasteiger partial charge is 0.319 e. The molecule has 2 aliphatic rings. The summed E-state index contributed by atoms with van der Waals surface area (Å²) >= 11 is 5.89. The summed E-state index contributed by atoms with van der Waals surface area (Å²) in [5.41, 5.74) is 0.608. The van der Waals surface area contributed by atoms with Gasteiger partial charge in [-0.15, -0.1) is 0 Å². The molecule has 3 amide bonds. The molecule has 31 heavy (non-hydrogen) atoms. The molecule has 8 heteroatoms. The lowest BCUT2D eigenvalue weighted by Crippen LogP contribution is -2.56. The summed E-state index contributed by atoms with van der Waals surface area (Å²) in [5.74, 6) is 1.38. The number of piperidine rings is 2. The van der Waals surface area contributed by atoms with Crippen molar-refractivity contribution in [1.82, 2.24) is 15.1 Å². The highest BCUT2D eigenvalue weighted by molar-refractivity contribution is 6.30. The molecule has 2 heterocycles. The first-order chi connectivity index (χ1) is 14.9. The number of carbonyl (C=O) groups is 2. The predicted octanol–water partition coefficient (Wildman–Crippen LogP) is 3.45. The van der Waals surface area contributed by atoms with E-state index in [-0.39, 0.29) is 5.91 Å². The number of anilines is 1. The van der Waals surface area contributed by atoms with Crippen LogP contribution in [0.25, 0.3) is 0 Å². The molecule has 1 aromatic rings. The van der Waals surface area contributed by atoms with E-state index >= 15 is 0 Å². The third-order valence-electron chi connectivity index (χ3n) is 6.78. The van der Waals surface area contributed by atoms with Crippen molar-refractivity contribution in [3.05, 3.63) is 29.3 Å². The predicted molar refractivity (Wildman–Crippen MR) is 123 cm³/mol. The number of amides is 3. The fourth-order valence-electron chi connectivity index (χ4n) is 4.65. The van der Waals surface area contributed by atoms with Gasteiger partial charge in [0, 0.05) is 30.9 Å². The van der Waals surface area contributed by atoms with Crippen molar-refractivity contribution in [2.24, 2.45) is 11.8 Å². The van der Waals surface area contributed by atoms with E-state index in [0.29, 0.717) is 16.6 Å². The van der Waals surface area contributed by atoms with E-state index in [0.717, 1.165) is 31.8 Å². The third kappa shape index (κ3) is 6.57. The Morgan fingerprint density at radius 1 is 1.03 bits per heavy atom. The van der Waals surface area contributed by atoms with Crippen LogP contribution in [0.1, 0.15) is 32.6 Å². The van der Waals surface area contributed by atoms with E-state index in [4.69, 9.17) is 16.3 Å². The quantitative estimate of drug-likeness (QED) is 0.696. The molecule has 0 radical (unpaired) electrons. The molecule has 172 valence electrons. The van der Waals surface area contributed by atoms with E-state index in [2.05, 4.69) is 22.6 Å². The van der Waals surface area contributed by atoms with Crippen molar-refractivity contribution in [3.8, 4) is 0 Å². The van der Waals surface area contributed by atoms with E-state index in [1.807, 2.05) is 4.90 Å². The fraction of sp³-hybridized carbons (Fsp3) is 0.652. The van der Waals surface area contributed by atoms with Crippen LogP contribution < -0.4 is 10.6 Å². The lowest BCUT2D eigenvalue weighted by atomic mass is 9.79. The van der Waals surface area contributed by atoms with E-state index < -0.39 is 18.2 Å². The van der Waals surface area contributed by atoms with Crippen LogP contribution in [0.15, 0.2) is 24.3 Å². The number of urea groups is 1. The minimum Gasteiger partial charge on any atom is -0.379 e. The summed E-state index contributed by atoms with van der Waals surface area (Å²) in [5, 5.41) is 6.15. The Morgan fingerprint density at radius 2 is 1.58 bits per heavy atom. The number of halogens is 1. The lowest BCUT2D eigenvalue weighted by molar-refractivity contribution is -0.138. The number of hydrogen-bond donors (Lipinski definition) is 2. The summed E-state index contributed by atoms with van der Waals surface area (Å²) < 4.78 is 5.41. The Hall–Kier alpha value is -1.83. The highest BCUT2D eigenvalue weighted by Gasteiger charge is 2.35. The van der Waals surface area contributed by atoms with Gasteiger partial charge in [0.1, 0.15) is 6.04 Å². The molecular weight excluding hydrogens is 416 g/mol. The van der Waals surface area contributed by atoms with E-state index in [1.165, 1.54) is 25.9 Å². The van der Waals surface area contributed by atoms with E-state index in [1.54, 1.807) is 38.3 Å². The number of ether oxygens (including phenoxy) is 1. The maximum absolute atomic E-state index is 13.2. The number of methoxy groups -OCH3 is 1.